The Hall–Kier alpha value is -1.84. The first kappa shape index (κ1) is 21.5. The average molecular weight is 411 g/mol. The van der Waals surface area contributed by atoms with Crippen molar-refractivity contribution in [2.24, 2.45) is 0 Å². The Kier molecular flexibility index (Phi) is 7.88. The summed E-state index contributed by atoms with van der Waals surface area (Å²) in [4.78, 5) is 16.7. The van der Waals surface area contributed by atoms with Crippen LogP contribution in [-0.4, -0.2) is 47.0 Å². The number of aromatic nitrogens is 2. The number of thioether (sulfide) groups is 1. The van der Waals surface area contributed by atoms with Gasteiger partial charge in [-0.3, -0.25) is 4.79 Å². The topological polar surface area (TPSA) is 84.3 Å². The summed E-state index contributed by atoms with van der Waals surface area (Å²) in [6.45, 7) is 7.33. The SMILES string of the molecule is CCCn1ccnc1SCC(=O)Nc1cccc(S(=O)(=O)N(CC)CC)c1. The average Bonchev–Trinajstić information content (AvgIpc) is 3.08. The number of hydrogen-bond donors (Lipinski definition) is 1. The van der Waals surface area contributed by atoms with Crippen molar-refractivity contribution in [3.63, 3.8) is 0 Å². The van der Waals surface area contributed by atoms with E-state index in [9.17, 15) is 13.2 Å². The number of hydrogen-bond acceptors (Lipinski definition) is 5. The van der Waals surface area contributed by atoms with Gasteiger partial charge in [-0.15, -0.1) is 0 Å². The van der Waals surface area contributed by atoms with Crippen LogP contribution in [0.15, 0.2) is 46.7 Å². The number of nitrogens with zero attached hydrogens (tertiary/aromatic N) is 3. The molecule has 1 amide bonds. The number of anilines is 1. The summed E-state index contributed by atoms with van der Waals surface area (Å²) in [5, 5.41) is 3.56. The van der Waals surface area contributed by atoms with Gasteiger partial charge in [0, 0.05) is 37.7 Å². The first-order chi connectivity index (χ1) is 12.9. The number of rotatable bonds is 10. The van der Waals surface area contributed by atoms with E-state index in [1.165, 1.54) is 22.1 Å². The summed E-state index contributed by atoms with van der Waals surface area (Å²) in [6.07, 6.45) is 4.60. The van der Waals surface area contributed by atoms with Gasteiger partial charge in [0.25, 0.3) is 0 Å². The molecule has 0 saturated heterocycles. The van der Waals surface area contributed by atoms with Crippen molar-refractivity contribution in [3.8, 4) is 0 Å². The molecule has 0 spiro atoms. The Morgan fingerprint density at radius 1 is 1.26 bits per heavy atom. The third-order valence-corrected chi connectivity index (χ3v) is 6.99. The van der Waals surface area contributed by atoms with Crippen LogP contribution in [0, 0.1) is 0 Å². The highest BCUT2D eigenvalue weighted by Crippen LogP contribution is 2.21. The third-order valence-electron chi connectivity index (χ3n) is 3.94. The molecule has 0 aliphatic carbocycles. The zero-order chi connectivity index (χ0) is 19.9. The Balaban J connectivity index is 2.03. The van der Waals surface area contributed by atoms with Crippen LogP contribution in [-0.2, 0) is 21.4 Å². The van der Waals surface area contributed by atoms with E-state index >= 15 is 0 Å². The van der Waals surface area contributed by atoms with Crippen LogP contribution in [0.5, 0.6) is 0 Å². The molecule has 1 heterocycles. The van der Waals surface area contributed by atoms with Gasteiger partial charge in [0.2, 0.25) is 15.9 Å². The van der Waals surface area contributed by atoms with Crippen LogP contribution in [0.2, 0.25) is 0 Å². The lowest BCUT2D eigenvalue weighted by Gasteiger charge is -2.18. The maximum absolute atomic E-state index is 12.6. The molecule has 0 unspecified atom stereocenters. The first-order valence-electron chi connectivity index (χ1n) is 8.96. The summed E-state index contributed by atoms with van der Waals surface area (Å²) in [5.41, 5.74) is 0.464. The molecule has 2 aromatic rings. The molecule has 7 nitrogen and oxygen atoms in total. The van der Waals surface area contributed by atoms with Gasteiger partial charge in [0.15, 0.2) is 5.16 Å². The second kappa shape index (κ2) is 9.91. The van der Waals surface area contributed by atoms with Gasteiger partial charge in [-0.05, 0) is 24.6 Å². The maximum atomic E-state index is 12.6. The molecule has 0 radical (unpaired) electrons. The molecule has 27 heavy (non-hydrogen) atoms. The van der Waals surface area contributed by atoms with Gasteiger partial charge in [-0.1, -0.05) is 38.6 Å². The minimum Gasteiger partial charge on any atom is -0.326 e. The van der Waals surface area contributed by atoms with Crippen LogP contribution in [0.25, 0.3) is 0 Å². The number of amides is 1. The minimum absolute atomic E-state index is 0.176. The van der Waals surface area contributed by atoms with Gasteiger partial charge < -0.3 is 9.88 Å². The molecule has 148 valence electrons. The lowest BCUT2D eigenvalue weighted by atomic mass is 10.3. The van der Waals surface area contributed by atoms with Crippen LogP contribution in [0.4, 0.5) is 5.69 Å². The normalized spacial score (nSPS) is 11.7. The molecular weight excluding hydrogens is 384 g/mol. The molecule has 1 aromatic heterocycles. The van der Waals surface area contributed by atoms with E-state index in [1.54, 1.807) is 38.2 Å². The highest BCUT2D eigenvalue weighted by molar-refractivity contribution is 7.99. The van der Waals surface area contributed by atoms with Crippen LogP contribution < -0.4 is 5.32 Å². The van der Waals surface area contributed by atoms with E-state index in [1.807, 2.05) is 10.8 Å². The highest BCUT2D eigenvalue weighted by atomic mass is 32.2. The standard InChI is InChI=1S/C18H26N4O3S2/c1-4-11-21-12-10-19-18(21)26-14-17(23)20-15-8-7-9-16(13-15)27(24,25)22(5-2)6-3/h7-10,12-13H,4-6,11,14H2,1-3H3,(H,20,23). The molecule has 0 bridgehead atoms. The van der Waals surface area contributed by atoms with E-state index in [2.05, 4.69) is 17.2 Å². The van der Waals surface area contributed by atoms with Crippen molar-refractivity contribution >= 4 is 33.4 Å². The Bertz CT molecular complexity index is 861. The molecule has 1 N–H and O–H groups in total. The van der Waals surface area contributed by atoms with Crippen molar-refractivity contribution in [2.75, 3.05) is 24.2 Å². The summed E-state index contributed by atoms with van der Waals surface area (Å²) in [6, 6.07) is 6.35. The van der Waals surface area contributed by atoms with Crippen LogP contribution in [0.1, 0.15) is 27.2 Å². The van der Waals surface area contributed by atoms with Gasteiger partial charge in [0.05, 0.1) is 10.6 Å². The van der Waals surface area contributed by atoms with E-state index in [0.29, 0.717) is 18.8 Å². The summed E-state index contributed by atoms with van der Waals surface area (Å²) < 4.78 is 28.6. The molecule has 0 aliphatic rings. The van der Waals surface area contributed by atoms with E-state index < -0.39 is 10.0 Å². The molecule has 2 rings (SSSR count). The zero-order valence-electron chi connectivity index (χ0n) is 15.9. The Morgan fingerprint density at radius 3 is 2.67 bits per heavy atom. The van der Waals surface area contributed by atoms with Crippen molar-refractivity contribution in [3.05, 3.63) is 36.7 Å². The number of carbonyl (C=O) groups is 1. The smallest absolute Gasteiger partial charge is 0.243 e. The number of nitrogens with one attached hydrogen (secondary N) is 1. The lowest BCUT2D eigenvalue weighted by Crippen LogP contribution is -2.30. The summed E-state index contributed by atoms with van der Waals surface area (Å²) >= 11 is 1.36. The molecule has 9 heteroatoms. The zero-order valence-corrected chi connectivity index (χ0v) is 17.5. The van der Waals surface area contributed by atoms with Crippen LogP contribution >= 0.6 is 11.8 Å². The van der Waals surface area contributed by atoms with Gasteiger partial charge in [0.1, 0.15) is 0 Å². The monoisotopic (exact) mass is 410 g/mol. The number of sulfonamides is 1. The van der Waals surface area contributed by atoms with Gasteiger partial charge >= 0.3 is 0 Å². The molecular formula is C18H26N4O3S2. The predicted octanol–water partition coefficient (Wildman–Crippen LogP) is 3.05. The molecule has 0 fully saturated rings. The summed E-state index contributed by atoms with van der Waals surface area (Å²) in [5.74, 6) is -0.00302. The third kappa shape index (κ3) is 5.57. The van der Waals surface area contributed by atoms with E-state index in [-0.39, 0.29) is 16.6 Å². The van der Waals surface area contributed by atoms with Crippen molar-refractivity contribution < 1.29 is 13.2 Å². The minimum atomic E-state index is -3.56. The lowest BCUT2D eigenvalue weighted by molar-refractivity contribution is -0.113. The quantitative estimate of drug-likeness (QED) is 0.609. The van der Waals surface area contributed by atoms with Crippen molar-refractivity contribution in [1.29, 1.82) is 0 Å². The number of carbonyl (C=O) groups excluding carboxylic acids is 1. The number of benzene rings is 1. The number of aryl methyl sites for hydroxylation is 1. The fourth-order valence-electron chi connectivity index (χ4n) is 2.62. The molecule has 1 aromatic carbocycles. The molecule has 0 aliphatic heterocycles. The van der Waals surface area contributed by atoms with Gasteiger partial charge in [-0.25, -0.2) is 13.4 Å². The van der Waals surface area contributed by atoms with Crippen molar-refractivity contribution in [1.82, 2.24) is 13.9 Å². The van der Waals surface area contributed by atoms with E-state index in [0.717, 1.165) is 18.1 Å². The van der Waals surface area contributed by atoms with E-state index in [4.69, 9.17) is 0 Å². The fraction of sp³-hybridized carbons (Fsp3) is 0.444. The molecule has 0 atom stereocenters. The number of imidazole rings is 1. The molecule has 0 saturated carbocycles. The van der Waals surface area contributed by atoms with Crippen LogP contribution in [0.3, 0.4) is 0 Å². The second-order valence-corrected chi connectivity index (χ2v) is 8.74. The Labute approximate surface area is 165 Å². The van der Waals surface area contributed by atoms with Gasteiger partial charge in [-0.2, -0.15) is 4.31 Å². The largest absolute Gasteiger partial charge is 0.326 e. The first-order valence-corrected chi connectivity index (χ1v) is 11.4. The Morgan fingerprint density at radius 2 is 2.00 bits per heavy atom. The predicted molar refractivity (Wildman–Crippen MR) is 108 cm³/mol. The van der Waals surface area contributed by atoms with Crippen molar-refractivity contribution in [2.45, 2.75) is 43.8 Å². The summed E-state index contributed by atoms with van der Waals surface area (Å²) in [7, 11) is -3.56. The highest BCUT2D eigenvalue weighted by Gasteiger charge is 2.21. The second-order valence-electron chi connectivity index (χ2n) is 5.86. The fourth-order valence-corrected chi connectivity index (χ4v) is 4.91. The maximum Gasteiger partial charge on any atom is 0.243 e.